The van der Waals surface area contributed by atoms with Crippen molar-refractivity contribution < 1.29 is 13.5 Å². The Morgan fingerprint density at radius 2 is 1.94 bits per heavy atom. The molecule has 1 aromatic carbocycles. The van der Waals surface area contributed by atoms with Gasteiger partial charge in [-0.05, 0) is 39.3 Å². The molecule has 1 unspecified atom stereocenters. The van der Waals surface area contributed by atoms with Gasteiger partial charge in [0, 0.05) is 5.56 Å². The first kappa shape index (κ1) is 15.0. The Kier molecular flexibility index (Phi) is 4.78. The maximum atomic E-state index is 13.9. The van der Waals surface area contributed by atoms with Crippen LogP contribution in [0, 0.1) is 18.6 Å². The number of hydrogen-bond donors (Lipinski definition) is 2. The number of hydrogen-bond acceptors (Lipinski definition) is 3. The number of aryl methyl sites for hydroxylation is 1. The smallest absolute Gasteiger partial charge is 0.133 e. The molecule has 0 aliphatic rings. The lowest BCUT2D eigenvalue weighted by Gasteiger charge is -2.25. The standard InChI is InChI=1S/C13H20F2N2O/c1-8-5-6-9(14)11(12(8)15)10(17-16)7-18-13(2,3)4/h5-6,10,17H,7,16H2,1-4H3. The van der Waals surface area contributed by atoms with Gasteiger partial charge in [-0.15, -0.1) is 0 Å². The number of nitrogens with one attached hydrogen (secondary N) is 1. The van der Waals surface area contributed by atoms with Gasteiger partial charge in [0.05, 0.1) is 18.2 Å². The fraction of sp³-hybridized carbons (Fsp3) is 0.538. The molecule has 0 saturated carbocycles. The number of ether oxygens (including phenoxy) is 1. The minimum absolute atomic E-state index is 0.0817. The molecule has 0 amide bonds. The number of benzene rings is 1. The molecule has 3 N–H and O–H groups in total. The number of halogens is 2. The Hall–Kier alpha value is -1.04. The predicted molar refractivity (Wildman–Crippen MR) is 66.9 cm³/mol. The van der Waals surface area contributed by atoms with Gasteiger partial charge in [-0.25, -0.2) is 8.78 Å². The van der Waals surface area contributed by atoms with E-state index in [0.29, 0.717) is 5.56 Å². The van der Waals surface area contributed by atoms with Crippen LogP contribution in [0.2, 0.25) is 0 Å². The van der Waals surface area contributed by atoms with E-state index in [9.17, 15) is 8.78 Å². The summed E-state index contributed by atoms with van der Waals surface area (Å²) in [6.45, 7) is 7.27. The van der Waals surface area contributed by atoms with Crippen molar-refractivity contribution in [1.29, 1.82) is 0 Å². The predicted octanol–water partition coefficient (Wildman–Crippen LogP) is 2.59. The minimum atomic E-state index is -0.718. The van der Waals surface area contributed by atoms with E-state index in [0.717, 1.165) is 0 Å². The summed E-state index contributed by atoms with van der Waals surface area (Å²) >= 11 is 0. The summed E-state index contributed by atoms with van der Waals surface area (Å²) in [6, 6.07) is 1.91. The summed E-state index contributed by atoms with van der Waals surface area (Å²) in [4.78, 5) is 0. The zero-order valence-electron chi connectivity index (χ0n) is 11.2. The normalized spacial score (nSPS) is 13.7. The van der Waals surface area contributed by atoms with E-state index in [4.69, 9.17) is 10.6 Å². The van der Waals surface area contributed by atoms with Crippen molar-refractivity contribution in [3.8, 4) is 0 Å². The molecule has 1 aromatic rings. The molecule has 0 aromatic heterocycles. The van der Waals surface area contributed by atoms with Crippen LogP contribution in [0.1, 0.15) is 37.9 Å². The Morgan fingerprint density at radius 3 is 2.44 bits per heavy atom. The van der Waals surface area contributed by atoms with Crippen LogP contribution >= 0.6 is 0 Å². The summed E-state index contributed by atoms with van der Waals surface area (Å²) in [5.41, 5.74) is 2.29. The third-order valence-electron chi connectivity index (χ3n) is 2.55. The average molecular weight is 258 g/mol. The second-order valence-corrected chi connectivity index (χ2v) is 5.23. The van der Waals surface area contributed by atoms with Crippen LogP contribution < -0.4 is 11.3 Å². The maximum absolute atomic E-state index is 13.9. The summed E-state index contributed by atoms with van der Waals surface area (Å²) in [5.74, 6) is 4.14. The van der Waals surface area contributed by atoms with Crippen LogP contribution in [0.15, 0.2) is 12.1 Å². The minimum Gasteiger partial charge on any atom is -0.374 e. The van der Waals surface area contributed by atoms with E-state index in [-0.39, 0.29) is 12.2 Å². The van der Waals surface area contributed by atoms with Crippen molar-refractivity contribution >= 4 is 0 Å². The molecule has 1 atom stereocenters. The highest BCUT2D eigenvalue weighted by atomic mass is 19.1. The van der Waals surface area contributed by atoms with Crippen LogP contribution in [0.25, 0.3) is 0 Å². The average Bonchev–Trinajstić information content (AvgIpc) is 2.27. The van der Waals surface area contributed by atoms with Gasteiger partial charge >= 0.3 is 0 Å². The Balaban J connectivity index is 2.99. The largest absolute Gasteiger partial charge is 0.374 e. The molecule has 0 fully saturated rings. The third kappa shape index (κ3) is 3.73. The summed E-state index contributed by atoms with van der Waals surface area (Å²) in [5, 5.41) is 0. The van der Waals surface area contributed by atoms with Gasteiger partial charge in [0.1, 0.15) is 11.6 Å². The fourth-order valence-electron chi connectivity index (χ4n) is 1.55. The Morgan fingerprint density at radius 1 is 1.33 bits per heavy atom. The zero-order valence-corrected chi connectivity index (χ0v) is 11.2. The highest BCUT2D eigenvalue weighted by Gasteiger charge is 2.23. The van der Waals surface area contributed by atoms with Crippen LogP contribution in [0.4, 0.5) is 8.78 Å². The van der Waals surface area contributed by atoms with Crippen LogP contribution in [0.5, 0.6) is 0 Å². The van der Waals surface area contributed by atoms with Gasteiger partial charge in [-0.2, -0.15) is 0 Å². The topological polar surface area (TPSA) is 47.3 Å². The maximum Gasteiger partial charge on any atom is 0.133 e. The summed E-state index contributed by atoms with van der Waals surface area (Å²) < 4.78 is 33.1. The number of hydrazine groups is 1. The van der Waals surface area contributed by atoms with Crippen molar-refractivity contribution in [3.63, 3.8) is 0 Å². The first-order valence-electron chi connectivity index (χ1n) is 5.81. The second-order valence-electron chi connectivity index (χ2n) is 5.23. The molecule has 0 aliphatic heterocycles. The fourth-order valence-corrected chi connectivity index (χ4v) is 1.55. The number of rotatable bonds is 4. The lowest BCUT2D eigenvalue weighted by atomic mass is 10.0. The van der Waals surface area contributed by atoms with E-state index in [2.05, 4.69) is 5.43 Å². The molecule has 0 radical (unpaired) electrons. The molecule has 0 bridgehead atoms. The molecular weight excluding hydrogens is 238 g/mol. The Bertz CT molecular complexity index is 416. The molecule has 102 valence electrons. The monoisotopic (exact) mass is 258 g/mol. The van der Waals surface area contributed by atoms with Crippen molar-refractivity contribution in [2.24, 2.45) is 5.84 Å². The molecule has 0 spiro atoms. The molecule has 0 aliphatic carbocycles. The molecule has 0 saturated heterocycles. The van der Waals surface area contributed by atoms with E-state index in [1.807, 2.05) is 20.8 Å². The SMILES string of the molecule is Cc1ccc(F)c(C(COC(C)(C)C)NN)c1F. The third-order valence-corrected chi connectivity index (χ3v) is 2.55. The highest BCUT2D eigenvalue weighted by molar-refractivity contribution is 5.29. The second kappa shape index (κ2) is 5.73. The van der Waals surface area contributed by atoms with Crippen LogP contribution in [-0.4, -0.2) is 12.2 Å². The first-order chi connectivity index (χ1) is 8.26. The highest BCUT2D eigenvalue weighted by Crippen LogP contribution is 2.24. The number of nitrogens with two attached hydrogens (primary N) is 1. The van der Waals surface area contributed by atoms with Crippen LogP contribution in [0.3, 0.4) is 0 Å². The van der Waals surface area contributed by atoms with Gasteiger partial charge in [0.15, 0.2) is 0 Å². The van der Waals surface area contributed by atoms with Crippen molar-refractivity contribution in [3.05, 3.63) is 34.9 Å². The van der Waals surface area contributed by atoms with Crippen molar-refractivity contribution in [2.75, 3.05) is 6.61 Å². The lowest BCUT2D eigenvalue weighted by molar-refractivity contribution is -0.0156. The zero-order chi connectivity index (χ0) is 13.9. The van der Waals surface area contributed by atoms with Crippen molar-refractivity contribution in [1.82, 2.24) is 5.43 Å². The lowest BCUT2D eigenvalue weighted by Crippen LogP contribution is -2.35. The van der Waals surface area contributed by atoms with Crippen LogP contribution in [-0.2, 0) is 4.74 Å². The molecule has 18 heavy (non-hydrogen) atoms. The molecule has 0 heterocycles. The summed E-state index contributed by atoms with van der Waals surface area (Å²) in [6.07, 6.45) is 0. The van der Waals surface area contributed by atoms with Crippen molar-refractivity contribution in [2.45, 2.75) is 39.3 Å². The van der Waals surface area contributed by atoms with E-state index >= 15 is 0 Å². The molecule has 1 rings (SSSR count). The van der Waals surface area contributed by atoms with E-state index < -0.39 is 23.3 Å². The van der Waals surface area contributed by atoms with E-state index in [1.165, 1.54) is 12.1 Å². The first-order valence-corrected chi connectivity index (χ1v) is 5.81. The van der Waals surface area contributed by atoms with E-state index in [1.54, 1.807) is 6.92 Å². The quantitative estimate of drug-likeness (QED) is 0.644. The molecular formula is C13H20F2N2O. The Labute approximate surface area is 106 Å². The van der Waals surface area contributed by atoms with Gasteiger partial charge in [-0.3, -0.25) is 11.3 Å². The van der Waals surface area contributed by atoms with Gasteiger partial charge < -0.3 is 4.74 Å². The van der Waals surface area contributed by atoms with Gasteiger partial charge in [0.2, 0.25) is 0 Å². The summed E-state index contributed by atoms with van der Waals surface area (Å²) in [7, 11) is 0. The molecule has 5 heteroatoms. The molecule has 3 nitrogen and oxygen atoms in total. The van der Waals surface area contributed by atoms with Gasteiger partial charge in [-0.1, -0.05) is 6.07 Å². The van der Waals surface area contributed by atoms with Gasteiger partial charge in [0.25, 0.3) is 0 Å².